The Labute approximate surface area is 128 Å². The molecule has 2 heteroatoms. The zero-order chi connectivity index (χ0) is 14.9. The Morgan fingerprint density at radius 1 is 0.682 bits per heavy atom. The monoisotopic (exact) mass is 285 g/mol. The Hall–Kier alpha value is -3.00. The van der Waals surface area contributed by atoms with E-state index < -0.39 is 0 Å². The van der Waals surface area contributed by atoms with Crippen LogP contribution in [0.15, 0.2) is 83.3 Å². The van der Waals surface area contributed by atoms with E-state index in [1.54, 1.807) is 0 Å². The normalized spacial score (nSPS) is 10.9. The van der Waals surface area contributed by atoms with Gasteiger partial charge in [0.25, 0.3) is 0 Å². The molecule has 0 unspecified atom stereocenters. The summed E-state index contributed by atoms with van der Waals surface area (Å²) < 4.78 is 6.02. The van der Waals surface area contributed by atoms with Crippen LogP contribution in [0.5, 0.6) is 0 Å². The first-order chi connectivity index (χ1) is 10.8. The third-order valence-electron chi connectivity index (χ3n) is 3.82. The molecular weight excluding hydrogens is 270 g/mol. The maximum atomic E-state index is 6.02. The van der Waals surface area contributed by atoms with E-state index in [2.05, 4.69) is 24.3 Å². The van der Waals surface area contributed by atoms with E-state index in [-0.39, 0.29) is 0 Å². The second-order valence-corrected chi connectivity index (χ2v) is 5.32. The highest BCUT2D eigenvalue weighted by Gasteiger charge is 2.12. The number of benzene rings is 3. The number of hydrogen-bond acceptors (Lipinski definition) is 2. The lowest BCUT2D eigenvalue weighted by atomic mass is 9.97. The van der Waals surface area contributed by atoms with Crippen LogP contribution in [0.1, 0.15) is 0 Å². The van der Waals surface area contributed by atoms with Crippen LogP contribution in [0.2, 0.25) is 0 Å². The quantitative estimate of drug-likeness (QED) is 0.504. The van der Waals surface area contributed by atoms with Crippen molar-refractivity contribution in [1.82, 2.24) is 0 Å². The molecule has 0 fully saturated rings. The molecule has 1 heterocycles. The van der Waals surface area contributed by atoms with Gasteiger partial charge in [0.05, 0.1) is 0 Å². The van der Waals surface area contributed by atoms with Crippen molar-refractivity contribution < 1.29 is 4.42 Å². The first-order valence-corrected chi connectivity index (χ1v) is 7.25. The van der Waals surface area contributed by atoms with Gasteiger partial charge in [0.1, 0.15) is 11.3 Å². The average molecular weight is 285 g/mol. The molecule has 2 N–H and O–H groups in total. The first kappa shape index (κ1) is 12.7. The summed E-state index contributed by atoms with van der Waals surface area (Å²) >= 11 is 0. The van der Waals surface area contributed by atoms with Crippen molar-refractivity contribution in [3.05, 3.63) is 78.9 Å². The zero-order valence-corrected chi connectivity index (χ0v) is 12.0. The number of furan rings is 1. The van der Waals surface area contributed by atoms with Crippen LogP contribution in [-0.2, 0) is 0 Å². The van der Waals surface area contributed by atoms with Gasteiger partial charge in [-0.05, 0) is 35.4 Å². The van der Waals surface area contributed by atoms with Crippen LogP contribution < -0.4 is 5.73 Å². The van der Waals surface area contributed by atoms with Crippen LogP contribution in [0, 0.1) is 0 Å². The summed E-state index contributed by atoms with van der Waals surface area (Å²) in [6, 6.07) is 26.3. The second-order valence-electron chi connectivity index (χ2n) is 5.32. The predicted molar refractivity (Wildman–Crippen MR) is 91.5 cm³/mol. The van der Waals surface area contributed by atoms with Crippen LogP contribution in [-0.4, -0.2) is 0 Å². The molecule has 0 saturated heterocycles. The van der Waals surface area contributed by atoms with E-state index in [9.17, 15) is 0 Å². The summed E-state index contributed by atoms with van der Waals surface area (Å²) in [6.07, 6.45) is 0. The molecular formula is C20H15NO. The van der Waals surface area contributed by atoms with Crippen molar-refractivity contribution in [2.24, 2.45) is 0 Å². The molecule has 0 aliphatic heterocycles. The largest absolute Gasteiger partial charge is 0.456 e. The molecule has 22 heavy (non-hydrogen) atoms. The number of nitrogen functional groups attached to an aromatic ring is 1. The van der Waals surface area contributed by atoms with Gasteiger partial charge >= 0.3 is 0 Å². The van der Waals surface area contributed by atoms with Crippen LogP contribution in [0.3, 0.4) is 0 Å². The molecule has 0 radical (unpaired) electrons. The van der Waals surface area contributed by atoms with Gasteiger partial charge in [0.15, 0.2) is 0 Å². The topological polar surface area (TPSA) is 39.2 Å². The number of nitrogens with two attached hydrogens (primary N) is 1. The van der Waals surface area contributed by atoms with Gasteiger partial charge in [-0.15, -0.1) is 0 Å². The van der Waals surface area contributed by atoms with Crippen LogP contribution in [0.4, 0.5) is 5.69 Å². The molecule has 0 amide bonds. The summed E-state index contributed by atoms with van der Waals surface area (Å²) in [6.45, 7) is 0. The van der Waals surface area contributed by atoms with E-state index in [1.165, 1.54) is 0 Å². The molecule has 0 bridgehead atoms. The van der Waals surface area contributed by atoms with Gasteiger partial charge in [-0.1, -0.05) is 54.6 Å². The summed E-state index contributed by atoms with van der Waals surface area (Å²) in [5.41, 5.74) is 10.9. The fourth-order valence-electron chi connectivity index (χ4n) is 2.75. The van der Waals surface area contributed by atoms with E-state index >= 15 is 0 Å². The first-order valence-electron chi connectivity index (χ1n) is 7.25. The highest BCUT2D eigenvalue weighted by Crippen LogP contribution is 2.36. The van der Waals surface area contributed by atoms with Crippen molar-refractivity contribution in [2.45, 2.75) is 0 Å². The Morgan fingerprint density at radius 2 is 1.45 bits per heavy atom. The van der Waals surface area contributed by atoms with Crippen molar-refractivity contribution in [3.8, 4) is 22.5 Å². The van der Waals surface area contributed by atoms with E-state index in [4.69, 9.17) is 10.2 Å². The number of fused-ring (bicyclic) bond motifs is 1. The molecule has 0 atom stereocenters. The molecule has 0 saturated carbocycles. The second kappa shape index (κ2) is 5.08. The van der Waals surface area contributed by atoms with Crippen LogP contribution >= 0.6 is 0 Å². The third-order valence-corrected chi connectivity index (χ3v) is 3.82. The Kier molecular flexibility index (Phi) is 2.94. The predicted octanol–water partition coefficient (Wildman–Crippen LogP) is 5.35. The standard InChI is InChI=1S/C20H15NO/c21-16-10-11-17(14-6-2-1-3-7-14)18(13-16)20-12-15-8-4-5-9-19(15)22-20/h1-13H,21H2. The van der Waals surface area contributed by atoms with Gasteiger partial charge in [0.2, 0.25) is 0 Å². The van der Waals surface area contributed by atoms with E-state index in [0.717, 1.165) is 39.1 Å². The minimum atomic E-state index is 0.732. The minimum absolute atomic E-state index is 0.732. The number of rotatable bonds is 2. The van der Waals surface area contributed by atoms with Gasteiger partial charge in [-0.2, -0.15) is 0 Å². The molecule has 0 aliphatic carbocycles. The lowest BCUT2D eigenvalue weighted by molar-refractivity contribution is 0.632. The fourth-order valence-corrected chi connectivity index (χ4v) is 2.75. The number of hydrogen-bond donors (Lipinski definition) is 1. The maximum Gasteiger partial charge on any atom is 0.136 e. The molecule has 106 valence electrons. The molecule has 3 aromatic carbocycles. The van der Waals surface area contributed by atoms with Gasteiger partial charge in [-0.25, -0.2) is 0 Å². The Morgan fingerprint density at radius 3 is 2.27 bits per heavy atom. The van der Waals surface area contributed by atoms with E-state index in [0.29, 0.717) is 0 Å². The molecule has 1 aromatic heterocycles. The van der Waals surface area contributed by atoms with Gasteiger partial charge < -0.3 is 10.2 Å². The summed E-state index contributed by atoms with van der Waals surface area (Å²) in [5.74, 6) is 0.840. The fraction of sp³-hybridized carbons (Fsp3) is 0. The molecule has 2 nitrogen and oxygen atoms in total. The highest BCUT2D eigenvalue weighted by molar-refractivity contribution is 5.89. The lowest BCUT2D eigenvalue weighted by Crippen LogP contribution is -1.88. The molecule has 0 aliphatic rings. The Balaban J connectivity index is 1.95. The third kappa shape index (κ3) is 2.15. The maximum absolute atomic E-state index is 6.02. The SMILES string of the molecule is Nc1ccc(-c2ccccc2)c(-c2cc3ccccc3o2)c1. The summed E-state index contributed by atoms with van der Waals surface area (Å²) in [5, 5.41) is 1.10. The summed E-state index contributed by atoms with van der Waals surface area (Å²) in [7, 11) is 0. The number of anilines is 1. The molecule has 0 spiro atoms. The molecule has 4 aromatic rings. The number of para-hydroxylation sites is 1. The zero-order valence-electron chi connectivity index (χ0n) is 12.0. The van der Waals surface area contributed by atoms with Crippen molar-refractivity contribution >= 4 is 16.7 Å². The van der Waals surface area contributed by atoms with E-state index in [1.807, 2.05) is 54.6 Å². The van der Waals surface area contributed by atoms with Crippen molar-refractivity contribution in [2.75, 3.05) is 5.73 Å². The smallest absolute Gasteiger partial charge is 0.136 e. The lowest BCUT2D eigenvalue weighted by Gasteiger charge is -2.09. The average Bonchev–Trinajstić information content (AvgIpc) is 2.99. The minimum Gasteiger partial charge on any atom is -0.456 e. The van der Waals surface area contributed by atoms with Gasteiger partial charge in [-0.3, -0.25) is 0 Å². The highest BCUT2D eigenvalue weighted by atomic mass is 16.3. The summed E-state index contributed by atoms with van der Waals surface area (Å²) in [4.78, 5) is 0. The van der Waals surface area contributed by atoms with Crippen molar-refractivity contribution in [1.29, 1.82) is 0 Å². The van der Waals surface area contributed by atoms with Gasteiger partial charge in [0, 0.05) is 16.6 Å². The van der Waals surface area contributed by atoms with Crippen molar-refractivity contribution in [3.63, 3.8) is 0 Å². The molecule has 4 rings (SSSR count). The van der Waals surface area contributed by atoms with Crippen LogP contribution in [0.25, 0.3) is 33.4 Å². The Bertz CT molecular complexity index is 905.